The molecule has 116 valence electrons. The lowest BCUT2D eigenvalue weighted by Crippen LogP contribution is -2.49. The van der Waals surface area contributed by atoms with E-state index in [0.717, 1.165) is 19.6 Å². The fraction of sp³-hybridized carbons (Fsp3) is 0.545. The Labute approximate surface area is 132 Å². The maximum Gasteiger partial charge on any atom is 0.244 e. The van der Waals surface area contributed by atoms with Crippen molar-refractivity contribution in [2.75, 3.05) is 39.3 Å². The first-order chi connectivity index (χ1) is 8.64. The van der Waals surface area contributed by atoms with Crippen LogP contribution >= 0.6 is 24.8 Å². The van der Waals surface area contributed by atoms with E-state index in [0.29, 0.717) is 19.6 Å². The van der Waals surface area contributed by atoms with Crippen LogP contribution < -0.4 is 5.73 Å². The molecule has 6 nitrogen and oxygen atoms in total. The molecule has 1 aromatic heterocycles. The van der Waals surface area contributed by atoms with E-state index in [9.17, 15) is 8.42 Å². The van der Waals surface area contributed by atoms with Crippen molar-refractivity contribution in [1.82, 2.24) is 14.2 Å². The average Bonchev–Trinajstić information content (AvgIpc) is 2.41. The lowest BCUT2D eigenvalue weighted by molar-refractivity contribution is 0.192. The smallest absolute Gasteiger partial charge is 0.244 e. The first-order valence-electron chi connectivity index (χ1n) is 5.97. The summed E-state index contributed by atoms with van der Waals surface area (Å²) in [5.41, 5.74) is 5.49. The fourth-order valence-electron chi connectivity index (χ4n) is 2.02. The quantitative estimate of drug-likeness (QED) is 0.844. The molecule has 1 aliphatic rings. The molecule has 0 spiro atoms. The molecule has 2 rings (SSSR count). The Kier molecular flexibility index (Phi) is 8.57. The van der Waals surface area contributed by atoms with Crippen LogP contribution in [0.2, 0.25) is 0 Å². The van der Waals surface area contributed by atoms with Gasteiger partial charge in [0.1, 0.15) is 4.90 Å². The van der Waals surface area contributed by atoms with Crippen molar-refractivity contribution >= 4 is 34.8 Å². The molecular formula is C11H20Cl2N4O2S. The van der Waals surface area contributed by atoms with E-state index in [-0.39, 0.29) is 29.7 Å². The molecule has 1 aliphatic heterocycles. The van der Waals surface area contributed by atoms with Crippen LogP contribution in [0.3, 0.4) is 0 Å². The monoisotopic (exact) mass is 342 g/mol. The van der Waals surface area contributed by atoms with Crippen LogP contribution in [0.1, 0.15) is 0 Å². The van der Waals surface area contributed by atoms with Crippen LogP contribution in [0.5, 0.6) is 0 Å². The number of pyridine rings is 1. The van der Waals surface area contributed by atoms with Gasteiger partial charge in [-0.05, 0) is 12.1 Å². The molecule has 0 amide bonds. The Morgan fingerprint density at radius 3 is 2.35 bits per heavy atom. The van der Waals surface area contributed by atoms with Gasteiger partial charge in [-0.1, -0.05) is 0 Å². The van der Waals surface area contributed by atoms with Crippen LogP contribution in [0, 0.1) is 0 Å². The highest BCUT2D eigenvalue weighted by Gasteiger charge is 2.28. The number of nitrogens with zero attached hydrogens (tertiary/aromatic N) is 3. The van der Waals surface area contributed by atoms with Crippen molar-refractivity contribution in [2.45, 2.75) is 4.90 Å². The maximum atomic E-state index is 12.3. The maximum absolute atomic E-state index is 12.3. The largest absolute Gasteiger partial charge is 0.329 e. The van der Waals surface area contributed by atoms with E-state index in [1.807, 2.05) is 0 Å². The van der Waals surface area contributed by atoms with Gasteiger partial charge in [-0.15, -0.1) is 24.8 Å². The molecule has 0 radical (unpaired) electrons. The average molecular weight is 343 g/mol. The topological polar surface area (TPSA) is 79.5 Å². The summed E-state index contributed by atoms with van der Waals surface area (Å²) >= 11 is 0. The second-order valence-corrected chi connectivity index (χ2v) is 6.16. The highest BCUT2D eigenvalue weighted by Crippen LogP contribution is 2.16. The molecule has 0 unspecified atom stereocenters. The number of aromatic nitrogens is 1. The normalized spacial score (nSPS) is 17.1. The lowest BCUT2D eigenvalue weighted by atomic mass is 10.3. The van der Waals surface area contributed by atoms with Crippen LogP contribution in [-0.4, -0.2) is 61.9 Å². The Hall–Kier alpha value is -0.440. The number of hydrogen-bond acceptors (Lipinski definition) is 5. The summed E-state index contributed by atoms with van der Waals surface area (Å²) in [6.45, 7) is 3.91. The highest BCUT2D eigenvalue weighted by molar-refractivity contribution is 7.89. The van der Waals surface area contributed by atoms with Gasteiger partial charge in [0.25, 0.3) is 0 Å². The van der Waals surface area contributed by atoms with Gasteiger partial charge in [0.2, 0.25) is 10.0 Å². The summed E-state index contributed by atoms with van der Waals surface area (Å²) in [6.07, 6.45) is 2.96. The van der Waals surface area contributed by atoms with Gasteiger partial charge in [0.15, 0.2) is 0 Å². The van der Waals surface area contributed by atoms with E-state index in [1.165, 1.54) is 10.5 Å². The predicted molar refractivity (Wildman–Crippen MR) is 83.0 cm³/mol. The standard InChI is InChI=1S/C11H18N4O2S.2ClH/c12-3-5-14-6-8-15(9-7-14)18(16,17)11-2-1-4-13-10-11;;/h1-2,4,10H,3,5-9,12H2;2*1H. The van der Waals surface area contributed by atoms with Gasteiger partial charge in [-0.2, -0.15) is 4.31 Å². The molecule has 1 aromatic rings. The molecule has 0 aromatic carbocycles. The fourth-order valence-corrected chi connectivity index (χ4v) is 3.41. The molecule has 0 atom stereocenters. The van der Waals surface area contributed by atoms with Crippen molar-refractivity contribution in [2.24, 2.45) is 5.73 Å². The Morgan fingerprint density at radius 1 is 1.20 bits per heavy atom. The van der Waals surface area contributed by atoms with Crippen LogP contribution in [0.25, 0.3) is 0 Å². The minimum Gasteiger partial charge on any atom is -0.329 e. The summed E-state index contributed by atoms with van der Waals surface area (Å²) in [7, 11) is -3.39. The summed E-state index contributed by atoms with van der Waals surface area (Å²) in [5, 5.41) is 0. The first-order valence-corrected chi connectivity index (χ1v) is 7.41. The molecule has 2 heterocycles. The van der Waals surface area contributed by atoms with Crippen LogP contribution in [0.15, 0.2) is 29.4 Å². The summed E-state index contributed by atoms with van der Waals surface area (Å²) < 4.78 is 26.1. The minimum atomic E-state index is -3.39. The van der Waals surface area contributed by atoms with Gasteiger partial charge in [0.05, 0.1) is 0 Å². The Balaban J connectivity index is 0.00000180. The van der Waals surface area contributed by atoms with E-state index in [4.69, 9.17) is 5.73 Å². The SMILES string of the molecule is Cl.Cl.NCCN1CCN(S(=O)(=O)c2cccnc2)CC1. The van der Waals surface area contributed by atoms with Gasteiger partial charge >= 0.3 is 0 Å². The third-order valence-electron chi connectivity index (χ3n) is 3.05. The van der Waals surface area contributed by atoms with E-state index >= 15 is 0 Å². The molecule has 0 saturated carbocycles. The van der Waals surface area contributed by atoms with Crippen LogP contribution in [-0.2, 0) is 10.0 Å². The van der Waals surface area contributed by atoms with Crippen LogP contribution in [0.4, 0.5) is 0 Å². The molecular weight excluding hydrogens is 323 g/mol. The van der Waals surface area contributed by atoms with E-state index in [2.05, 4.69) is 9.88 Å². The Morgan fingerprint density at radius 2 is 1.85 bits per heavy atom. The second-order valence-electron chi connectivity index (χ2n) is 4.22. The van der Waals surface area contributed by atoms with Crippen molar-refractivity contribution in [1.29, 1.82) is 0 Å². The second kappa shape index (κ2) is 8.76. The lowest BCUT2D eigenvalue weighted by Gasteiger charge is -2.33. The highest BCUT2D eigenvalue weighted by atomic mass is 35.5. The Bertz CT molecular complexity index is 478. The molecule has 0 bridgehead atoms. The zero-order chi connectivity index (χ0) is 13.0. The number of hydrogen-bond donors (Lipinski definition) is 1. The van der Waals surface area contributed by atoms with Gasteiger partial charge in [0, 0.05) is 51.7 Å². The third kappa shape index (κ3) is 4.54. The van der Waals surface area contributed by atoms with Gasteiger partial charge in [-0.25, -0.2) is 8.42 Å². The van der Waals surface area contributed by atoms with Crippen molar-refractivity contribution in [3.05, 3.63) is 24.5 Å². The van der Waals surface area contributed by atoms with Gasteiger partial charge in [-0.3, -0.25) is 9.88 Å². The zero-order valence-corrected chi connectivity index (χ0v) is 13.5. The summed E-state index contributed by atoms with van der Waals surface area (Å²) in [4.78, 5) is 6.29. The van der Waals surface area contributed by atoms with Crippen molar-refractivity contribution in [3.8, 4) is 0 Å². The van der Waals surface area contributed by atoms with E-state index in [1.54, 1.807) is 18.3 Å². The number of nitrogens with two attached hydrogens (primary N) is 1. The van der Waals surface area contributed by atoms with E-state index < -0.39 is 10.0 Å². The summed E-state index contributed by atoms with van der Waals surface area (Å²) in [6, 6.07) is 3.21. The minimum absolute atomic E-state index is 0. The molecule has 2 N–H and O–H groups in total. The molecule has 20 heavy (non-hydrogen) atoms. The molecule has 1 fully saturated rings. The third-order valence-corrected chi connectivity index (χ3v) is 4.93. The summed E-state index contributed by atoms with van der Waals surface area (Å²) in [5.74, 6) is 0. The zero-order valence-electron chi connectivity index (χ0n) is 11.0. The molecule has 1 saturated heterocycles. The number of piperazine rings is 1. The van der Waals surface area contributed by atoms with Crippen molar-refractivity contribution in [3.63, 3.8) is 0 Å². The predicted octanol–water partition coefficient (Wildman–Crippen LogP) is 0.190. The van der Waals surface area contributed by atoms with Crippen molar-refractivity contribution < 1.29 is 8.42 Å². The van der Waals surface area contributed by atoms with Gasteiger partial charge < -0.3 is 5.73 Å². The number of halogens is 2. The molecule has 9 heteroatoms. The first kappa shape index (κ1) is 19.6. The molecule has 0 aliphatic carbocycles. The number of rotatable bonds is 4. The number of sulfonamides is 1.